The summed E-state index contributed by atoms with van der Waals surface area (Å²) in [6.45, 7) is 1.67. The van der Waals surface area contributed by atoms with Crippen LogP contribution in [0.15, 0.2) is 36.5 Å². The second-order valence-corrected chi connectivity index (χ2v) is 4.63. The molecule has 1 unspecified atom stereocenters. The summed E-state index contributed by atoms with van der Waals surface area (Å²) in [6, 6.07) is 5.36. The lowest BCUT2D eigenvalue weighted by molar-refractivity contribution is 0.0741. The Bertz CT molecular complexity index is 676. The van der Waals surface area contributed by atoms with E-state index in [0.717, 1.165) is 18.2 Å². The number of nitrogens with zero attached hydrogens (tertiary/aromatic N) is 2. The van der Waals surface area contributed by atoms with Gasteiger partial charge in [0.05, 0.1) is 6.04 Å². The number of amides is 1. The molecule has 0 fully saturated rings. The molecule has 1 aromatic heterocycles. The Labute approximate surface area is 120 Å². The van der Waals surface area contributed by atoms with Crippen molar-refractivity contribution < 1.29 is 18.0 Å². The molecule has 1 heterocycles. The van der Waals surface area contributed by atoms with Crippen molar-refractivity contribution in [2.24, 2.45) is 0 Å². The Balaban J connectivity index is 2.24. The molecule has 0 N–H and O–H groups in total. The maximum Gasteiger partial charge on any atom is 0.254 e. The predicted octanol–water partition coefficient (Wildman–Crippen LogP) is 3.33. The quantitative estimate of drug-likeness (QED) is 0.814. The van der Waals surface area contributed by atoms with Crippen molar-refractivity contribution in [1.82, 2.24) is 9.88 Å². The Kier molecular flexibility index (Phi) is 4.26. The van der Waals surface area contributed by atoms with Crippen molar-refractivity contribution in [2.75, 3.05) is 7.05 Å². The average Bonchev–Trinajstić information content (AvgIpc) is 2.47. The first-order valence-electron chi connectivity index (χ1n) is 6.24. The lowest BCUT2D eigenvalue weighted by Gasteiger charge is -2.25. The zero-order chi connectivity index (χ0) is 15.6. The molecule has 0 bridgehead atoms. The molecule has 110 valence electrons. The summed E-state index contributed by atoms with van der Waals surface area (Å²) in [6.07, 6.45) is 1.19. The molecule has 0 saturated carbocycles. The van der Waals surface area contributed by atoms with E-state index >= 15 is 0 Å². The molecule has 1 aromatic carbocycles. The van der Waals surface area contributed by atoms with Gasteiger partial charge < -0.3 is 4.90 Å². The van der Waals surface area contributed by atoms with Crippen LogP contribution in [0.25, 0.3) is 0 Å². The molecule has 0 aliphatic carbocycles. The maximum atomic E-state index is 13.2. The summed E-state index contributed by atoms with van der Waals surface area (Å²) in [5, 5.41) is 0. The number of carbonyl (C=O) groups excluding carboxylic acids is 1. The Morgan fingerprint density at radius 3 is 2.48 bits per heavy atom. The summed E-state index contributed by atoms with van der Waals surface area (Å²) < 4.78 is 39.2. The van der Waals surface area contributed by atoms with Crippen LogP contribution < -0.4 is 0 Å². The fourth-order valence-corrected chi connectivity index (χ4v) is 1.91. The van der Waals surface area contributed by atoms with Crippen molar-refractivity contribution in [2.45, 2.75) is 13.0 Å². The van der Waals surface area contributed by atoms with Crippen LogP contribution in [0.5, 0.6) is 0 Å². The second-order valence-electron chi connectivity index (χ2n) is 4.63. The lowest BCUT2D eigenvalue weighted by atomic mass is 10.1. The number of benzene rings is 1. The van der Waals surface area contributed by atoms with Gasteiger partial charge in [0.1, 0.15) is 0 Å². The van der Waals surface area contributed by atoms with Crippen LogP contribution in [0.2, 0.25) is 0 Å². The van der Waals surface area contributed by atoms with E-state index in [4.69, 9.17) is 0 Å². The number of carbonyl (C=O) groups is 1. The van der Waals surface area contributed by atoms with Gasteiger partial charge in [-0.2, -0.15) is 4.39 Å². The summed E-state index contributed by atoms with van der Waals surface area (Å²) >= 11 is 0. The molecule has 0 saturated heterocycles. The minimum Gasteiger partial charge on any atom is -0.335 e. The molecular formula is C15H13F3N2O. The van der Waals surface area contributed by atoms with Gasteiger partial charge in [-0.1, -0.05) is 6.07 Å². The van der Waals surface area contributed by atoms with Gasteiger partial charge in [-0.25, -0.2) is 13.8 Å². The summed E-state index contributed by atoms with van der Waals surface area (Å²) in [5.41, 5.74) is 0.582. The SMILES string of the molecule is CC(c1ccc(F)c(F)c1)N(C)C(=O)c1ccnc(F)c1. The molecule has 1 atom stereocenters. The molecule has 2 aromatic rings. The predicted molar refractivity (Wildman–Crippen MR) is 71.1 cm³/mol. The summed E-state index contributed by atoms with van der Waals surface area (Å²) in [5.74, 6) is -3.12. The highest BCUT2D eigenvalue weighted by atomic mass is 19.2. The molecule has 2 rings (SSSR count). The summed E-state index contributed by atoms with van der Waals surface area (Å²) in [4.78, 5) is 16.9. The highest BCUT2D eigenvalue weighted by molar-refractivity contribution is 5.94. The fourth-order valence-electron chi connectivity index (χ4n) is 1.91. The van der Waals surface area contributed by atoms with Crippen molar-refractivity contribution in [3.8, 4) is 0 Å². The van der Waals surface area contributed by atoms with E-state index < -0.39 is 29.5 Å². The standard InChI is InChI=1S/C15H13F3N2O/c1-9(10-3-4-12(16)13(17)7-10)20(2)15(21)11-5-6-19-14(18)8-11/h3-9H,1-2H3. The minimum atomic E-state index is -0.977. The van der Waals surface area contributed by atoms with E-state index in [1.807, 2.05) is 0 Å². The number of pyridine rings is 1. The smallest absolute Gasteiger partial charge is 0.254 e. The maximum absolute atomic E-state index is 13.2. The number of rotatable bonds is 3. The van der Waals surface area contributed by atoms with E-state index in [-0.39, 0.29) is 5.56 Å². The second kappa shape index (κ2) is 5.95. The number of hydrogen-bond acceptors (Lipinski definition) is 2. The van der Waals surface area contributed by atoms with Gasteiger partial charge >= 0.3 is 0 Å². The fraction of sp³-hybridized carbons (Fsp3) is 0.200. The van der Waals surface area contributed by atoms with Crippen LogP contribution in [0.4, 0.5) is 13.2 Å². The van der Waals surface area contributed by atoms with Crippen LogP contribution in [-0.4, -0.2) is 22.8 Å². The zero-order valence-corrected chi connectivity index (χ0v) is 11.5. The molecule has 0 radical (unpaired) electrons. The van der Waals surface area contributed by atoms with Gasteiger partial charge in [0, 0.05) is 24.9 Å². The van der Waals surface area contributed by atoms with Crippen LogP contribution in [-0.2, 0) is 0 Å². The largest absolute Gasteiger partial charge is 0.335 e. The molecular weight excluding hydrogens is 281 g/mol. The lowest BCUT2D eigenvalue weighted by Crippen LogP contribution is -2.29. The van der Waals surface area contributed by atoms with E-state index in [0.29, 0.717) is 5.56 Å². The molecule has 21 heavy (non-hydrogen) atoms. The highest BCUT2D eigenvalue weighted by Gasteiger charge is 2.20. The van der Waals surface area contributed by atoms with Gasteiger partial charge in [-0.05, 0) is 30.7 Å². The van der Waals surface area contributed by atoms with Gasteiger partial charge in [-0.15, -0.1) is 0 Å². The molecule has 0 aliphatic heterocycles. The van der Waals surface area contributed by atoms with Crippen molar-refractivity contribution in [3.05, 3.63) is 65.2 Å². The van der Waals surface area contributed by atoms with Gasteiger partial charge in [-0.3, -0.25) is 4.79 Å². The Morgan fingerprint density at radius 2 is 1.86 bits per heavy atom. The number of halogens is 3. The molecule has 0 aliphatic rings. The third kappa shape index (κ3) is 3.21. The molecule has 3 nitrogen and oxygen atoms in total. The van der Waals surface area contributed by atoms with Crippen molar-refractivity contribution in [3.63, 3.8) is 0 Å². The number of aromatic nitrogens is 1. The van der Waals surface area contributed by atoms with E-state index in [1.165, 1.54) is 30.3 Å². The topological polar surface area (TPSA) is 33.2 Å². The first-order chi connectivity index (χ1) is 9.90. The Hall–Kier alpha value is -2.37. The first-order valence-corrected chi connectivity index (χ1v) is 6.24. The van der Waals surface area contributed by atoms with Crippen LogP contribution in [0.3, 0.4) is 0 Å². The van der Waals surface area contributed by atoms with E-state index in [1.54, 1.807) is 6.92 Å². The summed E-state index contributed by atoms with van der Waals surface area (Å²) in [7, 11) is 1.51. The van der Waals surface area contributed by atoms with Crippen molar-refractivity contribution >= 4 is 5.91 Å². The van der Waals surface area contributed by atoms with Crippen LogP contribution in [0.1, 0.15) is 28.9 Å². The Morgan fingerprint density at radius 1 is 1.14 bits per heavy atom. The monoisotopic (exact) mass is 294 g/mol. The van der Waals surface area contributed by atoms with Gasteiger partial charge in [0.15, 0.2) is 11.6 Å². The zero-order valence-electron chi connectivity index (χ0n) is 11.5. The van der Waals surface area contributed by atoms with E-state index in [9.17, 15) is 18.0 Å². The third-order valence-electron chi connectivity index (χ3n) is 3.30. The minimum absolute atomic E-state index is 0.138. The first kappa shape index (κ1) is 15.0. The normalized spacial score (nSPS) is 12.0. The molecule has 6 heteroatoms. The van der Waals surface area contributed by atoms with Gasteiger partial charge in [0.25, 0.3) is 5.91 Å². The molecule has 0 spiro atoms. The van der Waals surface area contributed by atoms with Crippen LogP contribution in [0, 0.1) is 17.6 Å². The molecule has 1 amide bonds. The average molecular weight is 294 g/mol. The highest BCUT2D eigenvalue weighted by Crippen LogP contribution is 2.22. The van der Waals surface area contributed by atoms with Crippen LogP contribution >= 0.6 is 0 Å². The van der Waals surface area contributed by atoms with Gasteiger partial charge in [0.2, 0.25) is 5.95 Å². The number of hydrogen-bond donors (Lipinski definition) is 0. The third-order valence-corrected chi connectivity index (χ3v) is 3.30. The van der Waals surface area contributed by atoms with E-state index in [2.05, 4.69) is 4.98 Å². The van der Waals surface area contributed by atoms with Crippen molar-refractivity contribution in [1.29, 1.82) is 0 Å².